The SMILES string of the molecule is CC(C)COc1cc([N+](=O)[O-])ccc1C#N. The number of hydrogen-bond acceptors (Lipinski definition) is 4. The monoisotopic (exact) mass is 220 g/mol. The summed E-state index contributed by atoms with van der Waals surface area (Å²) < 4.78 is 5.35. The minimum absolute atomic E-state index is 0.0715. The Morgan fingerprint density at radius 2 is 2.25 bits per heavy atom. The van der Waals surface area contributed by atoms with Crippen molar-refractivity contribution >= 4 is 5.69 Å². The lowest BCUT2D eigenvalue weighted by Gasteiger charge is -2.09. The quantitative estimate of drug-likeness (QED) is 0.577. The predicted molar refractivity (Wildman–Crippen MR) is 58.1 cm³/mol. The topological polar surface area (TPSA) is 76.2 Å². The molecule has 5 heteroatoms. The zero-order valence-electron chi connectivity index (χ0n) is 9.14. The molecule has 1 rings (SSSR count). The van der Waals surface area contributed by atoms with Crippen molar-refractivity contribution < 1.29 is 9.66 Å². The number of nitriles is 1. The fraction of sp³-hybridized carbons (Fsp3) is 0.364. The third kappa shape index (κ3) is 2.95. The zero-order valence-corrected chi connectivity index (χ0v) is 9.14. The Morgan fingerprint density at radius 3 is 2.75 bits per heavy atom. The first kappa shape index (κ1) is 12.0. The highest BCUT2D eigenvalue weighted by Gasteiger charge is 2.11. The van der Waals surface area contributed by atoms with E-state index in [4.69, 9.17) is 10.00 Å². The summed E-state index contributed by atoms with van der Waals surface area (Å²) in [6, 6.07) is 5.91. The van der Waals surface area contributed by atoms with Crippen molar-refractivity contribution in [3.63, 3.8) is 0 Å². The summed E-state index contributed by atoms with van der Waals surface area (Å²) >= 11 is 0. The molecule has 0 spiro atoms. The Bertz CT molecular complexity index is 435. The van der Waals surface area contributed by atoms with E-state index in [9.17, 15) is 10.1 Å². The fourth-order valence-electron chi connectivity index (χ4n) is 1.09. The standard InChI is InChI=1S/C11H12N2O3/c1-8(2)7-16-11-5-10(13(14)15)4-3-9(11)6-12/h3-5,8H,7H2,1-2H3. The van der Waals surface area contributed by atoms with Gasteiger partial charge in [-0.05, 0) is 12.0 Å². The first-order valence-corrected chi connectivity index (χ1v) is 4.86. The lowest BCUT2D eigenvalue weighted by molar-refractivity contribution is -0.384. The van der Waals surface area contributed by atoms with Crippen LogP contribution in [0, 0.1) is 27.4 Å². The van der Waals surface area contributed by atoms with Crippen molar-refractivity contribution in [3.8, 4) is 11.8 Å². The van der Waals surface area contributed by atoms with Crippen molar-refractivity contribution in [1.29, 1.82) is 5.26 Å². The number of nitro groups is 1. The van der Waals surface area contributed by atoms with Gasteiger partial charge in [0.05, 0.1) is 23.2 Å². The molecule has 0 aliphatic rings. The second-order valence-electron chi connectivity index (χ2n) is 3.75. The molecule has 1 aromatic carbocycles. The summed E-state index contributed by atoms with van der Waals surface area (Å²) in [5.41, 5.74) is 0.240. The molecule has 0 aromatic heterocycles. The summed E-state index contributed by atoms with van der Waals surface area (Å²) in [6.07, 6.45) is 0. The van der Waals surface area contributed by atoms with Crippen LogP contribution in [0.5, 0.6) is 5.75 Å². The summed E-state index contributed by atoms with van der Waals surface area (Å²) in [5, 5.41) is 19.4. The van der Waals surface area contributed by atoms with Crippen LogP contribution in [-0.2, 0) is 0 Å². The maximum Gasteiger partial charge on any atom is 0.273 e. The van der Waals surface area contributed by atoms with E-state index >= 15 is 0 Å². The Hall–Kier alpha value is -2.09. The lowest BCUT2D eigenvalue weighted by atomic mass is 10.2. The molecule has 0 bridgehead atoms. The van der Waals surface area contributed by atoms with E-state index in [0.29, 0.717) is 18.1 Å². The van der Waals surface area contributed by atoms with E-state index in [1.165, 1.54) is 18.2 Å². The van der Waals surface area contributed by atoms with Gasteiger partial charge in [0.1, 0.15) is 11.8 Å². The second kappa shape index (κ2) is 5.12. The Balaban J connectivity index is 2.99. The van der Waals surface area contributed by atoms with Crippen LogP contribution in [0.15, 0.2) is 18.2 Å². The summed E-state index contributed by atoms with van der Waals surface area (Å²) in [4.78, 5) is 10.0. The summed E-state index contributed by atoms with van der Waals surface area (Å²) in [7, 11) is 0. The number of rotatable bonds is 4. The van der Waals surface area contributed by atoms with Crippen molar-refractivity contribution in [2.45, 2.75) is 13.8 Å². The third-order valence-electron chi connectivity index (χ3n) is 1.87. The molecule has 16 heavy (non-hydrogen) atoms. The highest BCUT2D eigenvalue weighted by atomic mass is 16.6. The van der Waals surface area contributed by atoms with Crippen molar-refractivity contribution in [1.82, 2.24) is 0 Å². The van der Waals surface area contributed by atoms with Gasteiger partial charge in [-0.15, -0.1) is 0 Å². The molecule has 0 radical (unpaired) electrons. The van der Waals surface area contributed by atoms with E-state index in [1.54, 1.807) is 0 Å². The Kier molecular flexibility index (Phi) is 3.84. The maximum atomic E-state index is 10.6. The van der Waals surface area contributed by atoms with Gasteiger partial charge in [-0.3, -0.25) is 10.1 Å². The van der Waals surface area contributed by atoms with E-state index < -0.39 is 4.92 Å². The first-order chi connectivity index (χ1) is 7.54. The van der Waals surface area contributed by atoms with Gasteiger partial charge in [0, 0.05) is 6.07 Å². The molecular weight excluding hydrogens is 208 g/mol. The molecule has 0 unspecified atom stereocenters. The Labute approximate surface area is 93.4 Å². The van der Waals surface area contributed by atoms with Crippen molar-refractivity contribution in [3.05, 3.63) is 33.9 Å². The molecule has 1 aromatic rings. The van der Waals surface area contributed by atoms with Crippen LogP contribution in [0.1, 0.15) is 19.4 Å². The average Bonchev–Trinajstić information content (AvgIpc) is 2.25. The second-order valence-corrected chi connectivity index (χ2v) is 3.75. The van der Waals surface area contributed by atoms with Gasteiger partial charge in [0.25, 0.3) is 5.69 Å². The van der Waals surface area contributed by atoms with E-state index in [2.05, 4.69) is 0 Å². The number of benzene rings is 1. The summed E-state index contributed by atoms with van der Waals surface area (Å²) in [6.45, 7) is 4.35. The van der Waals surface area contributed by atoms with E-state index in [-0.39, 0.29) is 11.4 Å². The maximum absolute atomic E-state index is 10.6. The molecule has 0 N–H and O–H groups in total. The minimum Gasteiger partial charge on any atom is -0.492 e. The molecule has 0 saturated carbocycles. The molecule has 84 valence electrons. The van der Waals surface area contributed by atoms with Gasteiger partial charge in [-0.25, -0.2) is 0 Å². The van der Waals surface area contributed by atoms with E-state index in [0.717, 1.165) is 0 Å². The highest BCUT2D eigenvalue weighted by Crippen LogP contribution is 2.24. The lowest BCUT2D eigenvalue weighted by Crippen LogP contribution is -2.05. The zero-order chi connectivity index (χ0) is 12.1. The predicted octanol–water partition coefficient (Wildman–Crippen LogP) is 2.50. The van der Waals surface area contributed by atoms with Gasteiger partial charge >= 0.3 is 0 Å². The fourth-order valence-corrected chi connectivity index (χ4v) is 1.09. The van der Waals surface area contributed by atoms with Crippen LogP contribution in [0.2, 0.25) is 0 Å². The van der Waals surface area contributed by atoms with Gasteiger partial charge < -0.3 is 4.74 Å². The average molecular weight is 220 g/mol. The number of non-ortho nitro benzene ring substituents is 1. The van der Waals surface area contributed by atoms with Crippen molar-refractivity contribution in [2.75, 3.05) is 6.61 Å². The molecule has 0 atom stereocenters. The molecule has 5 nitrogen and oxygen atoms in total. The van der Waals surface area contributed by atoms with Gasteiger partial charge in [0.15, 0.2) is 0 Å². The molecule has 0 aliphatic carbocycles. The molecule has 0 saturated heterocycles. The first-order valence-electron chi connectivity index (χ1n) is 4.86. The van der Waals surface area contributed by atoms with Crippen LogP contribution < -0.4 is 4.74 Å². The van der Waals surface area contributed by atoms with Gasteiger partial charge in [-0.1, -0.05) is 13.8 Å². The molecule has 0 fully saturated rings. The molecule has 0 aliphatic heterocycles. The van der Waals surface area contributed by atoms with Crippen LogP contribution in [0.25, 0.3) is 0 Å². The highest BCUT2D eigenvalue weighted by molar-refractivity contribution is 5.49. The largest absolute Gasteiger partial charge is 0.492 e. The number of nitrogens with zero attached hydrogens (tertiary/aromatic N) is 2. The number of nitro benzene ring substituents is 1. The van der Waals surface area contributed by atoms with Crippen LogP contribution >= 0.6 is 0 Å². The van der Waals surface area contributed by atoms with E-state index in [1.807, 2.05) is 19.9 Å². The molecule has 0 amide bonds. The molecule has 0 heterocycles. The summed E-state index contributed by atoms with van der Waals surface area (Å²) in [5.74, 6) is 0.566. The number of ether oxygens (including phenoxy) is 1. The number of hydrogen-bond donors (Lipinski definition) is 0. The Morgan fingerprint density at radius 1 is 1.56 bits per heavy atom. The smallest absolute Gasteiger partial charge is 0.273 e. The van der Waals surface area contributed by atoms with Crippen LogP contribution in [0.3, 0.4) is 0 Å². The van der Waals surface area contributed by atoms with Gasteiger partial charge in [0.2, 0.25) is 0 Å². The van der Waals surface area contributed by atoms with Crippen LogP contribution in [0.4, 0.5) is 5.69 Å². The van der Waals surface area contributed by atoms with Gasteiger partial charge in [-0.2, -0.15) is 5.26 Å². The minimum atomic E-state index is -0.511. The van der Waals surface area contributed by atoms with Crippen molar-refractivity contribution in [2.24, 2.45) is 5.92 Å². The van der Waals surface area contributed by atoms with Crippen LogP contribution in [-0.4, -0.2) is 11.5 Å². The normalized spacial score (nSPS) is 9.88. The molecular formula is C11H12N2O3. The third-order valence-corrected chi connectivity index (χ3v) is 1.87.